The molecule has 0 amide bonds. The predicted molar refractivity (Wildman–Crippen MR) is 87.2 cm³/mol. The van der Waals surface area contributed by atoms with Crippen LogP contribution in [0.15, 0.2) is 4.99 Å². The van der Waals surface area contributed by atoms with Crippen molar-refractivity contribution >= 4 is 5.96 Å². The molecular weight excluding hydrogens is 250 g/mol. The Morgan fingerprint density at radius 1 is 1.05 bits per heavy atom. The van der Waals surface area contributed by atoms with Gasteiger partial charge in [0, 0.05) is 45.8 Å². The van der Waals surface area contributed by atoms with E-state index in [9.17, 15) is 0 Å². The van der Waals surface area contributed by atoms with Crippen molar-refractivity contribution in [3.63, 3.8) is 0 Å². The molecule has 1 rings (SSSR count). The van der Waals surface area contributed by atoms with Crippen LogP contribution in [0.1, 0.15) is 39.5 Å². The zero-order valence-electron chi connectivity index (χ0n) is 13.4. The molecule has 20 heavy (non-hydrogen) atoms. The molecule has 0 spiro atoms. The molecule has 5 nitrogen and oxygen atoms in total. The number of likely N-dealkylation sites (N-methyl/N-ethyl adjacent to an activating group) is 1. The maximum atomic E-state index is 5.86. The minimum atomic E-state index is 0.605. The van der Waals surface area contributed by atoms with Gasteiger partial charge in [-0.2, -0.15) is 0 Å². The Morgan fingerprint density at radius 2 is 1.75 bits per heavy atom. The van der Waals surface area contributed by atoms with E-state index in [-0.39, 0.29) is 0 Å². The van der Waals surface area contributed by atoms with Gasteiger partial charge in [-0.15, -0.1) is 0 Å². The quantitative estimate of drug-likeness (QED) is 0.378. The summed E-state index contributed by atoms with van der Waals surface area (Å²) in [7, 11) is 0. The fourth-order valence-electron chi connectivity index (χ4n) is 2.47. The number of aliphatic imine (C=N–C) groups is 1. The van der Waals surface area contributed by atoms with Crippen molar-refractivity contribution in [1.29, 1.82) is 0 Å². The van der Waals surface area contributed by atoms with Crippen molar-refractivity contribution in [2.45, 2.75) is 39.5 Å². The molecule has 1 aliphatic heterocycles. The summed E-state index contributed by atoms with van der Waals surface area (Å²) in [5.41, 5.74) is 5.86. The van der Waals surface area contributed by atoms with Gasteiger partial charge in [-0.25, -0.2) is 0 Å². The van der Waals surface area contributed by atoms with E-state index in [1.54, 1.807) is 0 Å². The number of hydrogen-bond donors (Lipinski definition) is 2. The van der Waals surface area contributed by atoms with Crippen LogP contribution in [0, 0.1) is 0 Å². The van der Waals surface area contributed by atoms with Gasteiger partial charge >= 0.3 is 0 Å². The smallest absolute Gasteiger partial charge is 0.188 e. The third-order valence-corrected chi connectivity index (χ3v) is 3.94. The van der Waals surface area contributed by atoms with Gasteiger partial charge < -0.3 is 16.0 Å². The molecule has 1 saturated heterocycles. The second-order valence-electron chi connectivity index (χ2n) is 5.53. The highest BCUT2D eigenvalue weighted by molar-refractivity contribution is 5.77. The number of rotatable bonds is 9. The number of nitrogens with two attached hydrogens (primary N) is 1. The molecule has 0 aliphatic carbocycles. The zero-order valence-corrected chi connectivity index (χ0v) is 13.4. The number of nitrogens with zero attached hydrogens (tertiary/aromatic N) is 3. The predicted octanol–water partition coefficient (Wildman–Crippen LogP) is 1.11. The average Bonchev–Trinajstić information content (AvgIpc) is 2.48. The molecule has 0 atom stereocenters. The molecule has 0 bridgehead atoms. The summed E-state index contributed by atoms with van der Waals surface area (Å²) in [6.07, 6.45) is 4.97. The molecule has 1 aliphatic rings. The van der Waals surface area contributed by atoms with Gasteiger partial charge in [-0.1, -0.05) is 33.1 Å². The maximum absolute atomic E-state index is 5.86. The summed E-state index contributed by atoms with van der Waals surface area (Å²) in [6, 6.07) is 0. The SMILES string of the molecule is CCCCCCN=C(N)NCCN1CCN(CC)CC1. The van der Waals surface area contributed by atoms with Gasteiger partial charge in [0.2, 0.25) is 0 Å². The van der Waals surface area contributed by atoms with Crippen LogP contribution in [0.2, 0.25) is 0 Å². The van der Waals surface area contributed by atoms with E-state index >= 15 is 0 Å². The van der Waals surface area contributed by atoms with Crippen LogP contribution in [0.25, 0.3) is 0 Å². The first-order valence-corrected chi connectivity index (χ1v) is 8.24. The van der Waals surface area contributed by atoms with E-state index in [1.165, 1.54) is 52.0 Å². The lowest BCUT2D eigenvalue weighted by Crippen LogP contribution is -2.48. The van der Waals surface area contributed by atoms with Crippen molar-refractivity contribution in [2.24, 2.45) is 10.7 Å². The number of piperazine rings is 1. The van der Waals surface area contributed by atoms with E-state index in [0.717, 1.165) is 26.1 Å². The summed E-state index contributed by atoms with van der Waals surface area (Å²) in [5, 5.41) is 3.22. The summed E-state index contributed by atoms with van der Waals surface area (Å²) < 4.78 is 0. The monoisotopic (exact) mass is 283 g/mol. The van der Waals surface area contributed by atoms with Crippen LogP contribution in [-0.4, -0.2) is 68.1 Å². The van der Waals surface area contributed by atoms with E-state index < -0.39 is 0 Å². The van der Waals surface area contributed by atoms with Crippen LogP contribution in [0.4, 0.5) is 0 Å². The van der Waals surface area contributed by atoms with Crippen LogP contribution in [0.3, 0.4) is 0 Å². The lowest BCUT2D eigenvalue weighted by molar-refractivity contribution is 0.139. The lowest BCUT2D eigenvalue weighted by atomic mass is 10.2. The molecule has 0 aromatic carbocycles. The fourth-order valence-corrected chi connectivity index (χ4v) is 2.47. The number of guanidine groups is 1. The third-order valence-electron chi connectivity index (χ3n) is 3.94. The lowest BCUT2D eigenvalue weighted by Gasteiger charge is -2.33. The van der Waals surface area contributed by atoms with Crippen molar-refractivity contribution in [3.8, 4) is 0 Å². The highest BCUT2D eigenvalue weighted by Crippen LogP contribution is 2.00. The Bertz CT molecular complexity index is 259. The van der Waals surface area contributed by atoms with Crippen molar-refractivity contribution in [1.82, 2.24) is 15.1 Å². The first-order chi connectivity index (χ1) is 9.76. The van der Waals surface area contributed by atoms with E-state index in [2.05, 4.69) is 34.0 Å². The largest absolute Gasteiger partial charge is 0.370 e. The second-order valence-corrected chi connectivity index (χ2v) is 5.53. The number of unbranched alkanes of at least 4 members (excludes halogenated alkanes) is 3. The Kier molecular flexibility index (Phi) is 9.41. The van der Waals surface area contributed by atoms with Gasteiger partial charge in [0.1, 0.15) is 0 Å². The zero-order chi connectivity index (χ0) is 14.6. The molecule has 1 heterocycles. The van der Waals surface area contributed by atoms with Gasteiger partial charge in [-0.05, 0) is 13.0 Å². The average molecular weight is 283 g/mol. The van der Waals surface area contributed by atoms with Crippen molar-refractivity contribution in [2.75, 3.05) is 52.4 Å². The molecule has 0 saturated carbocycles. The van der Waals surface area contributed by atoms with Gasteiger partial charge in [0.05, 0.1) is 0 Å². The maximum Gasteiger partial charge on any atom is 0.188 e. The van der Waals surface area contributed by atoms with Crippen LogP contribution >= 0.6 is 0 Å². The van der Waals surface area contributed by atoms with Crippen molar-refractivity contribution in [3.05, 3.63) is 0 Å². The molecule has 0 radical (unpaired) electrons. The summed E-state index contributed by atoms with van der Waals surface area (Å²) in [6.45, 7) is 13.2. The minimum absolute atomic E-state index is 0.605. The van der Waals surface area contributed by atoms with Gasteiger partial charge in [0.25, 0.3) is 0 Å². The Balaban J connectivity index is 2.01. The third kappa shape index (κ3) is 7.70. The Labute approximate surface area is 124 Å². The Morgan fingerprint density at radius 3 is 2.40 bits per heavy atom. The molecule has 5 heteroatoms. The second kappa shape index (κ2) is 10.9. The first-order valence-electron chi connectivity index (χ1n) is 8.24. The van der Waals surface area contributed by atoms with Crippen LogP contribution in [-0.2, 0) is 0 Å². The molecule has 1 fully saturated rings. The molecule has 0 aromatic rings. The molecular formula is C15H33N5. The van der Waals surface area contributed by atoms with Gasteiger partial charge in [-0.3, -0.25) is 9.89 Å². The molecule has 3 N–H and O–H groups in total. The summed E-state index contributed by atoms with van der Waals surface area (Å²) in [4.78, 5) is 9.35. The topological polar surface area (TPSA) is 56.9 Å². The van der Waals surface area contributed by atoms with E-state index in [0.29, 0.717) is 5.96 Å². The first kappa shape index (κ1) is 17.2. The van der Waals surface area contributed by atoms with Crippen LogP contribution in [0.5, 0.6) is 0 Å². The van der Waals surface area contributed by atoms with Gasteiger partial charge in [0.15, 0.2) is 5.96 Å². The molecule has 118 valence electrons. The molecule has 0 aromatic heterocycles. The Hall–Kier alpha value is -0.810. The minimum Gasteiger partial charge on any atom is -0.370 e. The normalized spacial score (nSPS) is 18.4. The standard InChI is InChI=1S/C15H33N5/c1-3-5-6-7-8-17-15(16)18-9-10-20-13-11-19(4-2)12-14-20/h3-14H2,1-2H3,(H3,16,17,18). The van der Waals surface area contributed by atoms with Crippen molar-refractivity contribution < 1.29 is 0 Å². The van der Waals surface area contributed by atoms with Crippen LogP contribution < -0.4 is 11.1 Å². The van der Waals surface area contributed by atoms with E-state index in [1.807, 2.05) is 0 Å². The highest BCUT2D eigenvalue weighted by Gasteiger charge is 2.14. The summed E-state index contributed by atoms with van der Waals surface area (Å²) >= 11 is 0. The summed E-state index contributed by atoms with van der Waals surface area (Å²) in [5.74, 6) is 0.605. The fraction of sp³-hybridized carbons (Fsp3) is 0.933. The van der Waals surface area contributed by atoms with E-state index in [4.69, 9.17) is 5.73 Å². The highest BCUT2D eigenvalue weighted by atomic mass is 15.3. The number of nitrogens with one attached hydrogen (secondary N) is 1. The number of hydrogen-bond acceptors (Lipinski definition) is 3. The molecule has 0 unspecified atom stereocenters.